The van der Waals surface area contributed by atoms with Gasteiger partial charge in [0.15, 0.2) is 0 Å². The van der Waals surface area contributed by atoms with E-state index < -0.39 is 22.7 Å². The number of nitro benzene ring substituents is 1. The molecule has 0 spiro atoms. The van der Waals surface area contributed by atoms with Gasteiger partial charge in [-0.2, -0.15) is 0 Å². The summed E-state index contributed by atoms with van der Waals surface area (Å²) in [4.78, 5) is 34.0. The monoisotopic (exact) mass is 391 g/mol. The Morgan fingerprint density at radius 2 is 1.82 bits per heavy atom. The summed E-state index contributed by atoms with van der Waals surface area (Å²) >= 11 is 0. The van der Waals surface area contributed by atoms with E-state index in [1.807, 2.05) is 5.32 Å². The fraction of sp³-hybridized carbons (Fsp3) is 0.176. The molecular formula is C17H18FN5O5. The highest BCUT2D eigenvalue weighted by Crippen LogP contribution is 2.26. The standard InChI is InChI=1S/C17H18FN5O5/c18-12-3-1-2-4-13(12)21-17(26)22-16(25)10-20-15-9-11(23(27)28)5-6-14(15)19-7-8-24/h1-6,9,19-20,24H,7-8,10H2,(H2,21,22,25,26). The Morgan fingerprint density at radius 3 is 2.50 bits per heavy atom. The number of hydrogen-bond acceptors (Lipinski definition) is 7. The first-order valence-electron chi connectivity index (χ1n) is 8.13. The highest BCUT2D eigenvalue weighted by atomic mass is 19.1. The van der Waals surface area contributed by atoms with Gasteiger partial charge in [0, 0.05) is 18.7 Å². The molecule has 10 nitrogen and oxygen atoms in total. The molecule has 0 unspecified atom stereocenters. The van der Waals surface area contributed by atoms with Crippen molar-refractivity contribution in [1.29, 1.82) is 0 Å². The summed E-state index contributed by atoms with van der Waals surface area (Å²) in [5.74, 6) is -1.40. The minimum atomic E-state index is -0.922. The minimum Gasteiger partial charge on any atom is -0.395 e. The number of benzene rings is 2. The van der Waals surface area contributed by atoms with Gasteiger partial charge in [-0.05, 0) is 18.2 Å². The highest BCUT2D eigenvalue weighted by molar-refractivity contribution is 6.02. The summed E-state index contributed by atoms with van der Waals surface area (Å²) in [5, 5.41) is 29.6. The molecule has 148 valence electrons. The number of nitrogens with zero attached hydrogens (tertiary/aromatic N) is 1. The highest BCUT2D eigenvalue weighted by Gasteiger charge is 2.13. The third kappa shape index (κ3) is 5.92. The van der Waals surface area contributed by atoms with Gasteiger partial charge in [0.2, 0.25) is 5.91 Å². The Hall–Kier alpha value is -3.73. The lowest BCUT2D eigenvalue weighted by Gasteiger charge is -2.13. The van der Waals surface area contributed by atoms with Crippen LogP contribution < -0.4 is 21.3 Å². The van der Waals surface area contributed by atoms with Gasteiger partial charge in [0.1, 0.15) is 5.82 Å². The van der Waals surface area contributed by atoms with Crippen molar-refractivity contribution < 1.29 is 24.0 Å². The molecule has 0 aromatic heterocycles. The van der Waals surface area contributed by atoms with Gasteiger partial charge < -0.3 is 21.1 Å². The van der Waals surface area contributed by atoms with Crippen molar-refractivity contribution in [3.8, 4) is 0 Å². The van der Waals surface area contributed by atoms with Crippen LogP contribution in [0.4, 0.5) is 31.9 Å². The first-order chi connectivity index (χ1) is 13.4. The van der Waals surface area contributed by atoms with E-state index in [0.29, 0.717) is 5.69 Å². The first-order valence-corrected chi connectivity index (χ1v) is 8.13. The van der Waals surface area contributed by atoms with Crippen LogP contribution >= 0.6 is 0 Å². The summed E-state index contributed by atoms with van der Waals surface area (Å²) in [6.45, 7) is -0.337. The van der Waals surface area contributed by atoms with Crippen LogP contribution in [0.2, 0.25) is 0 Å². The normalized spacial score (nSPS) is 10.1. The van der Waals surface area contributed by atoms with Crippen LogP contribution in [0, 0.1) is 15.9 Å². The van der Waals surface area contributed by atoms with Crippen LogP contribution in [0.25, 0.3) is 0 Å². The van der Waals surface area contributed by atoms with E-state index in [1.54, 1.807) is 0 Å². The van der Waals surface area contributed by atoms with Crippen molar-refractivity contribution >= 4 is 34.7 Å². The van der Waals surface area contributed by atoms with Gasteiger partial charge in [-0.1, -0.05) is 12.1 Å². The minimum absolute atomic E-state index is 0.0880. The molecule has 0 saturated heterocycles. The second-order valence-electron chi connectivity index (χ2n) is 5.47. The number of hydrogen-bond donors (Lipinski definition) is 5. The number of carbonyl (C=O) groups is 2. The molecule has 0 aliphatic heterocycles. The number of rotatable bonds is 8. The van der Waals surface area contributed by atoms with Gasteiger partial charge in [-0.25, -0.2) is 9.18 Å². The van der Waals surface area contributed by atoms with Crippen molar-refractivity contribution in [2.75, 3.05) is 35.6 Å². The number of non-ortho nitro benzene ring substituents is 1. The molecule has 28 heavy (non-hydrogen) atoms. The van der Waals surface area contributed by atoms with E-state index in [4.69, 9.17) is 5.11 Å². The SMILES string of the molecule is O=C(CNc1cc([N+](=O)[O-])ccc1NCCO)NC(=O)Nc1ccccc1F. The number of nitrogens with one attached hydrogen (secondary N) is 4. The summed E-state index contributed by atoms with van der Waals surface area (Å²) in [7, 11) is 0. The fourth-order valence-corrected chi connectivity index (χ4v) is 2.20. The van der Waals surface area contributed by atoms with Crippen molar-refractivity contribution in [3.63, 3.8) is 0 Å². The smallest absolute Gasteiger partial charge is 0.326 e. The largest absolute Gasteiger partial charge is 0.395 e. The Morgan fingerprint density at radius 1 is 1.07 bits per heavy atom. The molecule has 11 heteroatoms. The predicted molar refractivity (Wildman–Crippen MR) is 101 cm³/mol. The predicted octanol–water partition coefficient (Wildman–Crippen LogP) is 1.90. The Labute approximate surface area is 158 Å². The van der Waals surface area contributed by atoms with Crippen LogP contribution in [0.1, 0.15) is 0 Å². The number of aliphatic hydroxyl groups is 1. The number of amides is 3. The van der Waals surface area contributed by atoms with Gasteiger partial charge in [0.25, 0.3) is 5.69 Å². The van der Waals surface area contributed by atoms with Crippen LogP contribution in [0.3, 0.4) is 0 Å². The zero-order valence-electron chi connectivity index (χ0n) is 14.6. The van der Waals surface area contributed by atoms with Crippen molar-refractivity contribution in [2.24, 2.45) is 0 Å². The molecule has 0 aliphatic carbocycles. The van der Waals surface area contributed by atoms with Crippen molar-refractivity contribution in [2.45, 2.75) is 0 Å². The molecule has 0 aliphatic rings. The number of imide groups is 1. The Balaban J connectivity index is 1.97. The zero-order chi connectivity index (χ0) is 20.5. The number of urea groups is 1. The third-order valence-electron chi connectivity index (χ3n) is 3.46. The summed E-state index contributed by atoms with van der Waals surface area (Å²) in [6.07, 6.45) is 0. The molecule has 0 atom stereocenters. The van der Waals surface area contributed by atoms with E-state index in [0.717, 1.165) is 6.07 Å². The number of nitro groups is 1. The fourth-order valence-electron chi connectivity index (χ4n) is 2.20. The molecule has 2 aromatic carbocycles. The van der Waals surface area contributed by atoms with Crippen LogP contribution in [0.15, 0.2) is 42.5 Å². The Kier molecular flexibility index (Phi) is 7.22. The van der Waals surface area contributed by atoms with E-state index in [-0.39, 0.29) is 36.8 Å². The molecule has 5 N–H and O–H groups in total. The average Bonchev–Trinajstić information content (AvgIpc) is 2.66. The maximum Gasteiger partial charge on any atom is 0.326 e. The lowest BCUT2D eigenvalue weighted by atomic mass is 10.2. The molecule has 2 aromatic rings. The van der Waals surface area contributed by atoms with E-state index >= 15 is 0 Å². The summed E-state index contributed by atoms with van der Waals surface area (Å²) in [5.41, 5.74) is 0.389. The van der Waals surface area contributed by atoms with Gasteiger partial charge in [-0.3, -0.25) is 20.2 Å². The maximum absolute atomic E-state index is 13.5. The topological polar surface area (TPSA) is 146 Å². The molecule has 2 rings (SSSR count). The summed E-state index contributed by atoms with van der Waals surface area (Å²) in [6, 6.07) is 8.45. The van der Waals surface area contributed by atoms with E-state index in [1.165, 1.54) is 36.4 Å². The van der Waals surface area contributed by atoms with Gasteiger partial charge in [0.05, 0.1) is 35.1 Å². The molecule has 0 radical (unpaired) electrons. The lowest BCUT2D eigenvalue weighted by molar-refractivity contribution is -0.384. The number of anilines is 3. The average molecular weight is 391 g/mol. The van der Waals surface area contributed by atoms with E-state index in [9.17, 15) is 24.1 Å². The number of halogens is 1. The molecule has 0 heterocycles. The molecule has 0 fully saturated rings. The maximum atomic E-state index is 13.5. The van der Waals surface area contributed by atoms with Gasteiger partial charge >= 0.3 is 6.03 Å². The van der Waals surface area contributed by atoms with Crippen molar-refractivity contribution in [3.05, 3.63) is 58.4 Å². The van der Waals surface area contributed by atoms with Crippen LogP contribution in [-0.4, -0.2) is 41.7 Å². The van der Waals surface area contributed by atoms with Crippen LogP contribution in [0.5, 0.6) is 0 Å². The quantitative estimate of drug-likeness (QED) is 0.341. The second-order valence-corrected chi connectivity index (χ2v) is 5.47. The molecule has 3 amide bonds. The number of carbonyl (C=O) groups excluding carboxylic acids is 2. The number of para-hydroxylation sites is 1. The lowest BCUT2D eigenvalue weighted by Crippen LogP contribution is -2.38. The van der Waals surface area contributed by atoms with E-state index in [2.05, 4.69) is 16.0 Å². The number of aliphatic hydroxyl groups excluding tert-OH is 1. The zero-order valence-corrected chi connectivity index (χ0v) is 14.6. The van der Waals surface area contributed by atoms with Crippen molar-refractivity contribution in [1.82, 2.24) is 5.32 Å². The molecule has 0 saturated carbocycles. The van der Waals surface area contributed by atoms with Crippen LogP contribution in [-0.2, 0) is 4.79 Å². The van der Waals surface area contributed by atoms with Gasteiger partial charge in [-0.15, -0.1) is 0 Å². The molecule has 0 bridgehead atoms. The summed E-state index contributed by atoms with van der Waals surface area (Å²) < 4.78 is 13.5. The third-order valence-corrected chi connectivity index (χ3v) is 3.46. The first kappa shape index (κ1) is 20.6. The molecular weight excluding hydrogens is 373 g/mol. The Bertz CT molecular complexity index is 877. The second kappa shape index (κ2) is 9.83.